The molecule has 0 bridgehead atoms. The van der Waals surface area contributed by atoms with Gasteiger partial charge in [0.25, 0.3) is 0 Å². The van der Waals surface area contributed by atoms with Crippen molar-refractivity contribution in [2.75, 3.05) is 19.0 Å². The third-order valence-electron chi connectivity index (χ3n) is 2.35. The maximum atomic E-state index is 5.08. The molecule has 1 N–H and O–H groups in total. The van der Waals surface area contributed by atoms with E-state index in [-0.39, 0.29) is 0 Å². The third-order valence-corrected chi connectivity index (χ3v) is 2.35. The van der Waals surface area contributed by atoms with E-state index in [2.05, 4.69) is 29.1 Å². The Balaban J connectivity index is 2.64. The number of anilines is 1. The minimum absolute atomic E-state index is 0.606. The number of nitrogens with one attached hydrogen (secondary N) is 1. The van der Waals surface area contributed by atoms with E-state index in [1.807, 2.05) is 13.0 Å². The van der Waals surface area contributed by atoms with Crippen molar-refractivity contribution in [1.29, 1.82) is 0 Å². The fourth-order valence-corrected chi connectivity index (χ4v) is 1.13. The summed E-state index contributed by atoms with van der Waals surface area (Å²) in [6.07, 6.45) is 1.15. The van der Waals surface area contributed by atoms with E-state index in [1.54, 1.807) is 7.11 Å². The molecule has 1 unspecified atom stereocenters. The molecule has 84 valence electrons. The number of aromatic nitrogens is 2. The molecule has 1 rings (SSSR count). The number of nitrogens with zero attached hydrogens (tertiary/aromatic N) is 2. The Bertz CT molecular complexity index is 315. The first-order chi connectivity index (χ1) is 7.15. The number of ether oxygens (including phenoxy) is 1. The summed E-state index contributed by atoms with van der Waals surface area (Å²) in [5.74, 6) is 1.88. The highest BCUT2D eigenvalue weighted by molar-refractivity contribution is 5.30. The lowest BCUT2D eigenvalue weighted by Gasteiger charge is -2.10. The maximum absolute atomic E-state index is 5.08. The van der Waals surface area contributed by atoms with E-state index in [0.29, 0.717) is 17.7 Å². The van der Waals surface area contributed by atoms with Gasteiger partial charge >= 0.3 is 0 Å². The van der Waals surface area contributed by atoms with Crippen LogP contribution in [0.2, 0.25) is 0 Å². The fourth-order valence-electron chi connectivity index (χ4n) is 1.13. The van der Waals surface area contributed by atoms with Crippen molar-refractivity contribution in [1.82, 2.24) is 9.97 Å². The molecule has 0 spiro atoms. The topological polar surface area (TPSA) is 47.0 Å². The molecule has 0 aliphatic carbocycles. The lowest BCUT2D eigenvalue weighted by molar-refractivity contribution is 0.397. The van der Waals surface area contributed by atoms with Gasteiger partial charge in [0.2, 0.25) is 11.8 Å². The molecule has 0 amide bonds. The largest absolute Gasteiger partial charge is 0.481 e. The van der Waals surface area contributed by atoms with Crippen LogP contribution in [0, 0.1) is 12.8 Å². The van der Waals surface area contributed by atoms with Gasteiger partial charge in [-0.3, -0.25) is 0 Å². The van der Waals surface area contributed by atoms with Crippen molar-refractivity contribution in [3.05, 3.63) is 11.8 Å². The first kappa shape index (κ1) is 11.8. The van der Waals surface area contributed by atoms with Crippen LogP contribution in [0.15, 0.2) is 6.07 Å². The molecule has 0 fully saturated rings. The predicted molar refractivity (Wildman–Crippen MR) is 61.3 cm³/mol. The summed E-state index contributed by atoms with van der Waals surface area (Å²) >= 11 is 0. The first-order valence-electron chi connectivity index (χ1n) is 5.29. The van der Waals surface area contributed by atoms with Crippen molar-refractivity contribution >= 4 is 5.95 Å². The Kier molecular flexibility index (Phi) is 4.34. The molecule has 15 heavy (non-hydrogen) atoms. The summed E-state index contributed by atoms with van der Waals surface area (Å²) in [5, 5.41) is 3.21. The van der Waals surface area contributed by atoms with Gasteiger partial charge in [0, 0.05) is 18.3 Å². The molecular weight excluding hydrogens is 190 g/mol. The normalized spacial score (nSPS) is 12.3. The number of rotatable bonds is 5. The molecule has 4 heteroatoms. The van der Waals surface area contributed by atoms with Gasteiger partial charge in [0.05, 0.1) is 7.11 Å². The first-order valence-corrected chi connectivity index (χ1v) is 5.29. The zero-order valence-electron chi connectivity index (χ0n) is 9.87. The third kappa shape index (κ3) is 3.73. The van der Waals surface area contributed by atoms with Crippen LogP contribution in [-0.2, 0) is 0 Å². The molecule has 0 aliphatic heterocycles. The van der Waals surface area contributed by atoms with Crippen molar-refractivity contribution < 1.29 is 4.74 Å². The van der Waals surface area contributed by atoms with E-state index < -0.39 is 0 Å². The van der Waals surface area contributed by atoms with Crippen molar-refractivity contribution in [3.8, 4) is 5.88 Å². The summed E-state index contributed by atoms with van der Waals surface area (Å²) in [6.45, 7) is 7.19. The fraction of sp³-hybridized carbons (Fsp3) is 0.636. The van der Waals surface area contributed by atoms with Gasteiger partial charge in [0.15, 0.2) is 0 Å². The zero-order chi connectivity index (χ0) is 11.3. The van der Waals surface area contributed by atoms with Crippen molar-refractivity contribution in [2.45, 2.75) is 27.2 Å². The molecule has 1 aromatic heterocycles. The highest BCUT2D eigenvalue weighted by Gasteiger charge is 2.03. The Morgan fingerprint density at radius 2 is 2.20 bits per heavy atom. The number of hydrogen-bond donors (Lipinski definition) is 1. The Morgan fingerprint density at radius 1 is 1.47 bits per heavy atom. The van der Waals surface area contributed by atoms with Crippen molar-refractivity contribution in [3.63, 3.8) is 0 Å². The second kappa shape index (κ2) is 5.53. The van der Waals surface area contributed by atoms with E-state index in [0.717, 1.165) is 18.7 Å². The van der Waals surface area contributed by atoms with E-state index in [9.17, 15) is 0 Å². The second-order valence-corrected chi connectivity index (χ2v) is 3.77. The Labute approximate surface area is 91.1 Å². The SMILES string of the molecule is CCC(C)CNc1nc(C)cc(OC)n1. The monoisotopic (exact) mass is 209 g/mol. The van der Waals surface area contributed by atoms with Gasteiger partial charge in [0.1, 0.15) is 0 Å². The summed E-state index contributed by atoms with van der Waals surface area (Å²) in [4.78, 5) is 8.50. The van der Waals surface area contributed by atoms with Crippen molar-refractivity contribution in [2.24, 2.45) is 5.92 Å². The smallest absolute Gasteiger partial charge is 0.226 e. The van der Waals surface area contributed by atoms with Crippen LogP contribution < -0.4 is 10.1 Å². The summed E-state index contributed by atoms with van der Waals surface area (Å²) in [7, 11) is 1.61. The minimum atomic E-state index is 0.606. The van der Waals surface area contributed by atoms with Gasteiger partial charge in [-0.1, -0.05) is 20.3 Å². The Morgan fingerprint density at radius 3 is 2.80 bits per heavy atom. The average molecular weight is 209 g/mol. The van der Waals surface area contributed by atoms with Crippen LogP contribution in [0.25, 0.3) is 0 Å². The molecule has 0 aromatic carbocycles. The van der Waals surface area contributed by atoms with Crippen LogP contribution in [0.5, 0.6) is 5.88 Å². The lowest BCUT2D eigenvalue weighted by atomic mass is 10.1. The molecule has 0 radical (unpaired) electrons. The van der Waals surface area contributed by atoms with Gasteiger partial charge in [-0.25, -0.2) is 4.98 Å². The zero-order valence-corrected chi connectivity index (χ0v) is 9.87. The molecule has 0 aliphatic rings. The van der Waals surface area contributed by atoms with Gasteiger partial charge in [-0.2, -0.15) is 4.98 Å². The highest BCUT2D eigenvalue weighted by Crippen LogP contribution is 2.11. The molecule has 0 saturated carbocycles. The van der Waals surface area contributed by atoms with Crippen LogP contribution in [0.1, 0.15) is 26.0 Å². The molecule has 1 heterocycles. The molecule has 0 saturated heterocycles. The summed E-state index contributed by atoms with van der Waals surface area (Å²) < 4.78 is 5.08. The average Bonchev–Trinajstić information content (AvgIpc) is 2.25. The Hall–Kier alpha value is -1.32. The molecule has 1 aromatic rings. The molecular formula is C11H19N3O. The lowest BCUT2D eigenvalue weighted by Crippen LogP contribution is -2.13. The van der Waals surface area contributed by atoms with E-state index in [1.165, 1.54) is 0 Å². The number of hydrogen-bond acceptors (Lipinski definition) is 4. The maximum Gasteiger partial charge on any atom is 0.226 e. The standard InChI is InChI=1S/C11H19N3O/c1-5-8(2)7-12-11-13-9(3)6-10(14-11)15-4/h6,8H,5,7H2,1-4H3,(H,12,13,14). The van der Waals surface area contributed by atoms with Crippen LogP contribution in [-0.4, -0.2) is 23.6 Å². The van der Waals surface area contributed by atoms with Crippen LogP contribution in [0.3, 0.4) is 0 Å². The van der Waals surface area contributed by atoms with Crippen LogP contribution >= 0.6 is 0 Å². The van der Waals surface area contributed by atoms with Crippen LogP contribution in [0.4, 0.5) is 5.95 Å². The van der Waals surface area contributed by atoms with Gasteiger partial charge in [-0.05, 0) is 12.8 Å². The highest BCUT2D eigenvalue weighted by atomic mass is 16.5. The number of methoxy groups -OCH3 is 1. The number of aryl methyl sites for hydroxylation is 1. The second-order valence-electron chi connectivity index (χ2n) is 3.77. The predicted octanol–water partition coefficient (Wildman–Crippen LogP) is 2.25. The minimum Gasteiger partial charge on any atom is -0.481 e. The quantitative estimate of drug-likeness (QED) is 0.808. The van der Waals surface area contributed by atoms with Gasteiger partial charge < -0.3 is 10.1 Å². The molecule has 1 atom stereocenters. The van der Waals surface area contributed by atoms with E-state index in [4.69, 9.17) is 4.74 Å². The van der Waals surface area contributed by atoms with Gasteiger partial charge in [-0.15, -0.1) is 0 Å². The molecule has 4 nitrogen and oxygen atoms in total. The van der Waals surface area contributed by atoms with E-state index >= 15 is 0 Å². The summed E-state index contributed by atoms with van der Waals surface area (Å²) in [5.41, 5.74) is 0.911. The summed E-state index contributed by atoms with van der Waals surface area (Å²) in [6, 6.07) is 1.81.